The first-order valence-electron chi connectivity index (χ1n) is 5.76. The van der Waals surface area contributed by atoms with Crippen molar-refractivity contribution in [3.05, 3.63) is 29.2 Å². The summed E-state index contributed by atoms with van der Waals surface area (Å²) in [6.07, 6.45) is 1.07. The van der Waals surface area contributed by atoms with Crippen LogP contribution in [0.5, 0.6) is 0 Å². The van der Waals surface area contributed by atoms with Gasteiger partial charge in [0.1, 0.15) is 5.52 Å². The lowest BCUT2D eigenvalue weighted by atomic mass is 9.93. The Morgan fingerprint density at radius 3 is 3.06 bits per heavy atom. The molecule has 3 nitrogen and oxygen atoms in total. The van der Waals surface area contributed by atoms with E-state index in [1.165, 1.54) is 11.1 Å². The Morgan fingerprint density at radius 1 is 1.44 bits per heavy atom. The highest BCUT2D eigenvalue weighted by Crippen LogP contribution is 2.33. The minimum absolute atomic E-state index is 0.477. The SMILES string of the molecule is Cc1nc2c3c(ccc2o1)C(C)N(C)CC3. The van der Waals surface area contributed by atoms with Crippen molar-refractivity contribution in [3.8, 4) is 0 Å². The molecule has 0 amide bonds. The molecule has 0 saturated heterocycles. The maximum absolute atomic E-state index is 5.57. The van der Waals surface area contributed by atoms with Gasteiger partial charge in [-0.3, -0.25) is 4.90 Å². The second-order valence-corrected chi connectivity index (χ2v) is 4.62. The van der Waals surface area contributed by atoms with Gasteiger partial charge in [-0.05, 0) is 37.6 Å². The van der Waals surface area contributed by atoms with Crippen molar-refractivity contribution in [2.75, 3.05) is 13.6 Å². The minimum atomic E-state index is 0.477. The standard InChI is InChI=1S/C13H16N2O/c1-8-10-4-5-12-13(14-9(2)16-12)11(10)6-7-15(8)3/h4-5,8H,6-7H2,1-3H3. The molecule has 0 N–H and O–H groups in total. The van der Waals surface area contributed by atoms with E-state index in [0.29, 0.717) is 6.04 Å². The molecule has 0 aliphatic carbocycles. The van der Waals surface area contributed by atoms with E-state index in [2.05, 4.69) is 29.9 Å². The molecule has 1 aromatic heterocycles. The summed E-state index contributed by atoms with van der Waals surface area (Å²) in [4.78, 5) is 6.88. The number of aromatic nitrogens is 1. The fourth-order valence-electron chi connectivity index (χ4n) is 2.55. The maximum atomic E-state index is 5.57. The van der Waals surface area contributed by atoms with Crippen molar-refractivity contribution in [3.63, 3.8) is 0 Å². The number of benzene rings is 1. The van der Waals surface area contributed by atoms with E-state index in [9.17, 15) is 0 Å². The van der Waals surface area contributed by atoms with Gasteiger partial charge in [-0.1, -0.05) is 6.07 Å². The Morgan fingerprint density at radius 2 is 2.25 bits per heavy atom. The second-order valence-electron chi connectivity index (χ2n) is 4.62. The molecule has 0 saturated carbocycles. The highest BCUT2D eigenvalue weighted by molar-refractivity contribution is 5.78. The molecule has 0 bridgehead atoms. The molecule has 3 rings (SSSR count). The van der Waals surface area contributed by atoms with Gasteiger partial charge < -0.3 is 4.42 Å². The van der Waals surface area contributed by atoms with E-state index in [4.69, 9.17) is 4.42 Å². The van der Waals surface area contributed by atoms with E-state index in [-0.39, 0.29) is 0 Å². The van der Waals surface area contributed by atoms with Gasteiger partial charge in [-0.15, -0.1) is 0 Å². The third kappa shape index (κ3) is 1.28. The lowest BCUT2D eigenvalue weighted by Gasteiger charge is -2.31. The molecule has 1 unspecified atom stereocenters. The number of hydrogen-bond donors (Lipinski definition) is 0. The molecule has 0 radical (unpaired) electrons. The van der Waals surface area contributed by atoms with Gasteiger partial charge in [0.25, 0.3) is 0 Å². The van der Waals surface area contributed by atoms with Crippen LogP contribution < -0.4 is 0 Å². The third-order valence-electron chi connectivity index (χ3n) is 3.63. The first-order chi connectivity index (χ1) is 7.66. The average Bonchev–Trinajstić information content (AvgIpc) is 2.63. The smallest absolute Gasteiger partial charge is 0.192 e. The molecule has 2 heterocycles. The van der Waals surface area contributed by atoms with Crippen molar-refractivity contribution in [2.45, 2.75) is 26.3 Å². The summed E-state index contributed by atoms with van der Waals surface area (Å²) in [5.41, 5.74) is 4.76. The lowest BCUT2D eigenvalue weighted by Crippen LogP contribution is -2.30. The molecule has 1 aliphatic heterocycles. The van der Waals surface area contributed by atoms with Crippen LogP contribution in [0.1, 0.15) is 30.0 Å². The highest BCUT2D eigenvalue weighted by atomic mass is 16.3. The van der Waals surface area contributed by atoms with Crippen LogP contribution >= 0.6 is 0 Å². The highest BCUT2D eigenvalue weighted by Gasteiger charge is 2.23. The number of likely N-dealkylation sites (N-methyl/N-ethyl adjacent to an activating group) is 1. The van der Waals surface area contributed by atoms with Crippen molar-refractivity contribution < 1.29 is 4.42 Å². The molecular weight excluding hydrogens is 200 g/mol. The Labute approximate surface area is 95.1 Å². The summed E-state index contributed by atoms with van der Waals surface area (Å²) in [5.74, 6) is 0.759. The molecule has 0 spiro atoms. The number of rotatable bonds is 0. The molecule has 84 valence electrons. The number of hydrogen-bond acceptors (Lipinski definition) is 3. The normalized spacial score (nSPS) is 21.3. The summed E-state index contributed by atoms with van der Waals surface area (Å²) in [7, 11) is 2.17. The van der Waals surface area contributed by atoms with Crippen LogP contribution in [-0.2, 0) is 6.42 Å². The van der Waals surface area contributed by atoms with Crippen molar-refractivity contribution >= 4 is 11.1 Å². The molecule has 1 aromatic carbocycles. The molecule has 1 aliphatic rings. The fraction of sp³-hybridized carbons (Fsp3) is 0.462. The molecular formula is C13H16N2O. The lowest BCUT2D eigenvalue weighted by molar-refractivity contribution is 0.248. The van der Waals surface area contributed by atoms with Crippen LogP contribution in [0.15, 0.2) is 16.5 Å². The zero-order chi connectivity index (χ0) is 11.3. The maximum Gasteiger partial charge on any atom is 0.192 e. The fourth-order valence-corrected chi connectivity index (χ4v) is 2.55. The predicted molar refractivity (Wildman–Crippen MR) is 63.5 cm³/mol. The van der Waals surface area contributed by atoms with Crippen LogP contribution in [0, 0.1) is 6.92 Å². The van der Waals surface area contributed by atoms with Gasteiger partial charge in [0.15, 0.2) is 11.5 Å². The second kappa shape index (κ2) is 3.32. The zero-order valence-corrected chi connectivity index (χ0v) is 9.95. The van der Waals surface area contributed by atoms with Gasteiger partial charge in [0, 0.05) is 19.5 Å². The van der Waals surface area contributed by atoms with Crippen LogP contribution in [0.4, 0.5) is 0 Å². The summed E-state index contributed by atoms with van der Waals surface area (Å²) < 4.78 is 5.57. The number of aryl methyl sites for hydroxylation is 1. The van der Waals surface area contributed by atoms with E-state index >= 15 is 0 Å². The van der Waals surface area contributed by atoms with E-state index in [1.54, 1.807) is 0 Å². The average molecular weight is 216 g/mol. The largest absolute Gasteiger partial charge is 0.441 e. The van der Waals surface area contributed by atoms with E-state index in [0.717, 1.165) is 30.0 Å². The predicted octanol–water partition coefficient (Wildman–Crippen LogP) is 2.69. The Bertz CT molecular complexity index is 544. The van der Waals surface area contributed by atoms with Crippen LogP contribution in [-0.4, -0.2) is 23.5 Å². The van der Waals surface area contributed by atoms with Gasteiger partial charge >= 0.3 is 0 Å². The Balaban J connectivity index is 2.27. The zero-order valence-electron chi connectivity index (χ0n) is 9.95. The summed E-state index contributed by atoms with van der Waals surface area (Å²) in [6, 6.07) is 4.71. The van der Waals surface area contributed by atoms with Crippen molar-refractivity contribution in [1.82, 2.24) is 9.88 Å². The van der Waals surface area contributed by atoms with Gasteiger partial charge in [-0.2, -0.15) is 0 Å². The van der Waals surface area contributed by atoms with E-state index in [1.807, 2.05) is 13.0 Å². The summed E-state index contributed by atoms with van der Waals surface area (Å²) >= 11 is 0. The Kier molecular flexibility index (Phi) is 2.04. The first kappa shape index (κ1) is 9.85. The van der Waals surface area contributed by atoms with Gasteiger partial charge in [-0.25, -0.2) is 4.98 Å². The third-order valence-corrected chi connectivity index (χ3v) is 3.63. The molecule has 1 atom stereocenters. The topological polar surface area (TPSA) is 29.3 Å². The molecule has 2 aromatic rings. The molecule has 3 heteroatoms. The minimum Gasteiger partial charge on any atom is -0.441 e. The van der Waals surface area contributed by atoms with Crippen LogP contribution in [0.2, 0.25) is 0 Å². The van der Waals surface area contributed by atoms with Crippen molar-refractivity contribution in [2.24, 2.45) is 0 Å². The van der Waals surface area contributed by atoms with Crippen LogP contribution in [0.25, 0.3) is 11.1 Å². The van der Waals surface area contributed by atoms with Crippen molar-refractivity contribution in [1.29, 1.82) is 0 Å². The molecule has 16 heavy (non-hydrogen) atoms. The number of fused-ring (bicyclic) bond motifs is 3. The first-order valence-corrected chi connectivity index (χ1v) is 5.76. The quantitative estimate of drug-likeness (QED) is 0.678. The molecule has 0 fully saturated rings. The monoisotopic (exact) mass is 216 g/mol. The Hall–Kier alpha value is -1.35. The van der Waals surface area contributed by atoms with Gasteiger partial charge in [0.2, 0.25) is 0 Å². The summed E-state index contributed by atoms with van der Waals surface area (Å²) in [5, 5.41) is 0. The number of oxazole rings is 1. The van der Waals surface area contributed by atoms with Gasteiger partial charge in [0.05, 0.1) is 0 Å². The number of nitrogens with zero attached hydrogens (tertiary/aromatic N) is 2. The summed E-state index contributed by atoms with van der Waals surface area (Å²) in [6.45, 7) is 5.25. The van der Waals surface area contributed by atoms with Crippen LogP contribution in [0.3, 0.4) is 0 Å². The van der Waals surface area contributed by atoms with E-state index < -0.39 is 0 Å².